The molecular formula is C20H24N4O. The van der Waals surface area contributed by atoms with Crippen molar-refractivity contribution in [1.82, 2.24) is 15.0 Å². The number of hydrogen-bond acceptors (Lipinski definition) is 3. The molecule has 1 N–H and O–H groups in total. The molecule has 0 radical (unpaired) electrons. The van der Waals surface area contributed by atoms with Gasteiger partial charge in [0.05, 0.1) is 5.69 Å². The summed E-state index contributed by atoms with van der Waals surface area (Å²) in [4.78, 5) is 13.8. The number of benzene rings is 2. The Labute approximate surface area is 148 Å². The van der Waals surface area contributed by atoms with Gasteiger partial charge in [0.2, 0.25) is 5.91 Å². The summed E-state index contributed by atoms with van der Waals surface area (Å²) in [5.41, 5.74) is 4.04. The summed E-state index contributed by atoms with van der Waals surface area (Å²) >= 11 is 0. The second-order valence-electron chi connectivity index (χ2n) is 7.64. The van der Waals surface area contributed by atoms with Crippen LogP contribution in [0.3, 0.4) is 0 Å². The Morgan fingerprint density at radius 1 is 1.00 bits per heavy atom. The lowest BCUT2D eigenvalue weighted by Gasteiger charge is -2.17. The Morgan fingerprint density at radius 3 is 2.24 bits per heavy atom. The molecule has 0 bridgehead atoms. The van der Waals surface area contributed by atoms with Crippen LogP contribution >= 0.6 is 0 Å². The number of amides is 1. The summed E-state index contributed by atoms with van der Waals surface area (Å²) in [7, 11) is 0. The van der Waals surface area contributed by atoms with E-state index in [1.807, 2.05) is 51.1 Å². The Kier molecular flexibility index (Phi) is 4.33. The standard InChI is InChI=1S/C20H24N4O/c1-13(2)14-6-9-16(10-7-14)24-22-17-11-8-15(12-18(17)23-24)21-19(25)20(3,4)5/h6-13H,1-5H3,(H,21,25). The molecule has 0 aliphatic rings. The van der Waals surface area contributed by atoms with Gasteiger partial charge in [-0.1, -0.05) is 46.8 Å². The van der Waals surface area contributed by atoms with E-state index in [1.165, 1.54) is 5.56 Å². The molecule has 1 heterocycles. The van der Waals surface area contributed by atoms with Gasteiger partial charge >= 0.3 is 0 Å². The van der Waals surface area contributed by atoms with Crippen LogP contribution in [0.25, 0.3) is 16.7 Å². The number of anilines is 1. The molecule has 2 aromatic carbocycles. The first-order valence-corrected chi connectivity index (χ1v) is 8.53. The molecule has 3 rings (SSSR count). The van der Waals surface area contributed by atoms with Crippen LogP contribution in [-0.4, -0.2) is 20.9 Å². The lowest BCUT2D eigenvalue weighted by atomic mass is 9.95. The van der Waals surface area contributed by atoms with Gasteiger partial charge in [-0.25, -0.2) is 0 Å². The molecule has 5 heteroatoms. The zero-order valence-corrected chi connectivity index (χ0v) is 15.4. The first kappa shape index (κ1) is 17.1. The highest BCUT2D eigenvalue weighted by Crippen LogP contribution is 2.21. The van der Waals surface area contributed by atoms with E-state index in [0.29, 0.717) is 5.92 Å². The first-order valence-electron chi connectivity index (χ1n) is 8.53. The molecule has 0 aliphatic carbocycles. The van der Waals surface area contributed by atoms with Crippen LogP contribution in [0.1, 0.15) is 46.1 Å². The van der Waals surface area contributed by atoms with E-state index in [-0.39, 0.29) is 5.91 Å². The van der Waals surface area contributed by atoms with Gasteiger partial charge in [0.15, 0.2) is 0 Å². The second-order valence-corrected chi connectivity index (χ2v) is 7.64. The van der Waals surface area contributed by atoms with Gasteiger partial charge in [-0.2, -0.15) is 4.80 Å². The highest BCUT2D eigenvalue weighted by Gasteiger charge is 2.21. The topological polar surface area (TPSA) is 59.8 Å². The number of aromatic nitrogens is 3. The van der Waals surface area contributed by atoms with Crippen molar-refractivity contribution >= 4 is 22.6 Å². The predicted octanol–water partition coefficient (Wildman–Crippen LogP) is 4.53. The molecule has 130 valence electrons. The summed E-state index contributed by atoms with van der Waals surface area (Å²) in [6, 6.07) is 13.8. The van der Waals surface area contributed by atoms with Gasteiger partial charge < -0.3 is 5.32 Å². The molecule has 1 amide bonds. The summed E-state index contributed by atoms with van der Waals surface area (Å²) < 4.78 is 0. The maximum atomic E-state index is 12.1. The number of nitrogens with zero attached hydrogens (tertiary/aromatic N) is 3. The number of carbonyl (C=O) groups excluding carboxylic acids is 1. The van der Waals surface area contributed by atoms with Crippen molar-refractivity contribution in [2.45, 2.75) is 40.5 Å². The van der Waals surface area contributed by atoms with Crippen LogP contribution in [0.5, 0.6) is 0 Å². The first-order chi connectivity index (χ1) is 11.7. The molecule has 5 nitrogen and oxygen atoms in total. The summed E-state index contributed by atoms with van der Waals surface area (Å²) in [6.07, 6.45) is 0. The van der Waals surface area contributed by atoms with Gasteiger partial charge in [0, 0.05) is 11.1 Å². The molecule has 0 saturated carbocycles. The smallest absolute Gasteiger partial charge is 0.229 e. The monoisotopic (exact) mass is 336 g/mol. The van der Waals surface area contributed by atoms with Gasteiger partial charge in [-0.15, -0.1) is 10.2 Å². The molecule has 0 atom stereocenters. The fourth-order valence-electron chi connectivity index (χ4n) is 2.42. The number of fused-ring (bicyclic) bond motifs is 1. The minimum atomic E-state index is -0.440. The third-order valence-corrected chi connectivity index (χ3v) is 4.11. The lowest BCUT2D eigenvalue weighted by molar-refractivity contribution is -0.123. The number of hydrogen-bond donors (Lipinski definition) is 1. The maximum absolute atomic E-state index is 12.1. The van der Waals surface area contributed by atoms with E-state index < -0.39 is 5.41 Å². The SMILES string of the molecule is CC(C)c1ccc(-n2nc3ccc(NC(=O)C(C)(C)C)cc3n2)cc1. The molecule has 0 aliphatic heterocycles. The van der Waals surface area contributed by atoms with Crippen LogP contribution in [0.2, 0.25) is 0 Å². The summed E-state index contributed by atoms with van der Waals surface area (Å²) in [6.45, 7) is 10.00. The Balaban J connectivity index is 1.88. The third kappa shape index (κ3) is 3.71. The van der Waals surface area contributed by atoms with Crippen molar-refractivity contribution in [3.63, 3.8) is 0 Å². The van der Waals surface area contributed by atoms with E-state index in [2.05, 4.69) is 41.5 Å². The number of nitrogens with one attached hydrogen (secondary N) is 1. The van der Waals surface area contributed by atoms with Crippen LogP contribution in [-0.2, 0) is 4.79 Å². The van der Waals surface area contributed by atoms with Crippen molar-refractivity contribution in [2.75, 3.05) is 5.32 Å². The van der Waals surface area contributed by atoms with Crippen molar-refractivity contribution in [3.05, 3.63) is 48.0 Å². The molecule has 25 heavy (non-hydrogen) atoms. The minimum Gasteiger partial charge on any atom is -0.326 e. The van der Waals surface area contributed by atoms with E-state index in [0.717, 1.165) is 22.4 Å². The van der Waals surface area contributed by atoms with Gasteiger partial charge in [-0.05, 0) is 41.8 Å². The number of carbonyl (C=O) groups is 1. The average molecular weight is 336 g/mol. The minimum absolute atomic E-state index is 0.0245. The van der Waals surface area contributed by atoms with Crippen LogP contribution in [0.15, 0.2) is 42.5 Å². The van der Waals surface area contributed by atoms with Gasteiger partial charge in [0.25, 0.3) is 0 Å². The Bertz CT molecular complexity index is 902. The second kappa shape index (κ2) is 6.31. The molecule has 0 spiro atoms. The number of rotatable bonds is 3. The highest BCUT2D eigenvalue weighted by atomic mass is 16.2. The van der Waals surface area contributed by atoms with E-state index in [4.69, 9.17) is 0 Å². The Hall–Kier alpha value is -2.69. The fourth-order valence-corrected chi connectivity index (χ4v) is 2.42. The van der Waals surface area contributed by atoms with Crippen LogP contribution in [0.4, 0.5) is 5.69 Å². The van der Waals surface area contributed by atoms with Crippen molar-refractivity contribution in [2.24, 2.45) is 5.41 Å². The van der Waals surface area contributed by atoms with Crippen LogP contribution in [0, 0.1) is 5.41 Å². The van der Waals surface area contributed by atoms with E-state index in [1.54, 1.807) is 4.80 Å². The average Bonchev–Trinajstić information content (AvgIpc) is 2.97. The van der Waals surface area contributed by atoms with Gasteiger partial charge in [-0.3, -0.25) is 4.79 Å². The van der Waals surface area contributed by atoms with Gasteiger partial charge in [0.1, 0.15) is 11.0 Å². The van der Waals surface area contributed by atoms with Crippen LogP contribution < -0.4 is 5.32 Å². The Morgan fingerprint density at radius 2 is 1.64 bits per heavy atom. The molecule has 0 fully saturated rings. The fraction of sp³-hybridized carbons (Fsp3) is 0.350. The molecule has 0 unspecified atom stereocenters. The van der Waals surface area contributed by atoms with Crippen molar-refractivity contribution < 1.29 is 4.79 Å². The zero-order chi connectivity index (χ0) is 18.2. The molecule has 0 saturated heterocycles. The molecule has 1 aromatic heterocycles. The maximum Gasteiger partial charge on any atom is 0.229 e. The van der Waals surface area contributed by atoms with E-state index in [9.17, 15) is 4.79 Å². The largest absolute Gasteiger partial charge is 0.326 e. The summed E-state index contributed by atoms with van der Waals surface area (Å²) in [5.74, 6) is 0.469. The molecule has 3 aromatic rings. The zero-order valence-electron chi connectivity index (χ0n) is 15.4. The normalized spacial score (nSPS) is 11.9. The summed E-state index contributed by atoms with van der Waals surface area (Å²) in [5, 5.41) is 12.0. The van der Waals surface area contributed by atoms with Crippen molar-refractivity contribution in [3.8, 4) is 5.69 Å². The quantitative estimate of drug-likeness (QED) is 0.764. The molecular weight excluding hydrogens is 312 g/mol. The lowest BCUT2D eigenvalue weighted by Crippen LogP contribution is -2.27. The van der Waals surface area contributed by atoms with Crippen molar-refractivity contribution in [1.29, 1.82) is 0 Å². The van der Waals surface area contributed by atoms with E-state index >= 15 is 0 Å². The predicted molar refractivity (Wildman–Crippen MR) is 101 cm³/mol. The highest BCUT2D eigenvalue weighted by molar-refractivity contribution is 5.96. The third-order valence-electron chi connectivity index (χ3n) is 4.11.